The summed E-state index contributed by atoms with van der Waals surface area (Å²) in [4.78, 5) is 25.5. The number of halogens is 3. The number of fused-ring (bicyclic) bond motifs is 2. The minimum absolute atomic E-state index is 0.0690. The lowest BCUT2D eigenvalue weighted by molar-refractivity contribution is -0.137. The molecule has 0 aliphatic carbocycles. The Bertz CT molecular complexity index is 1380. The van der Waals surface area contributed by atoms with Gasteiger partial charge < -0.3 is 5.32 Å². The Hall–Kier alpha value is -3.83. The molecule has 0 aliphatic heterocycles. The third kappa shape index (κ3) is 4.03. The first kappa shape index (κ1) is 21.4. The molecular formula is C20H18F3N7O2. The average Bonchev–Trinajstić information content (AvgIpc) is 3.22. The lowest BCUT2D eigenvalue weighted by atomic mass is 10.1. The summed E-state index contributed by atoms with van der Waals surface area (Å²) in [7, 11) is 0. The summed E-state index contributed by atoms with van der Waals surface area (Å²) in [5.74, 6) is -0.323. The molecular weight excluding hydrogens is 427 g/mol. The Morgan fingerprint density at radius 3 is 2.69 bits per heavy atom. The van der Waals surface area contributed by atoms with Gasteiger partial charge in [0.15, 0.2) is 11.5 Å². The minimum atomic E-state index is -4.55. The SMILES string of the molecule is CCC(C)n1nc(CC(=O)Nc2ccc3nncn3n2)c(=O)c2ccc(C(F)(F)F)cc21. The van der Waals surface area contributed by atoms with Crippen LogP contribution in [0, 0.1) is 0 Å². The molecule has 1 amide bonds. The van der Waals surface area contributed by atoms with Crippen LogP contribution in [-0.4, -0.2) is 35.5 Å². The number of hydrogen-bond donors (Lipinski definition) is 1. The Morgan fingerprint density at radius 1 is 1.19 bits per heavy atom. The van der Waals surface area contributed by atoms with Gasteiger partial charge in [-0.1, -0.05) is 6.92 Å². The highest BCUT2D eigenvalue weighted by Crippen LogP contribution is 2.31. The number of amides is 1. The van der Waals surface area contributed by atoms with Crippen molar-refractivity contribution in [2.24, 2.45) is 0 Å². The number of carbonyl (C=O) groups excluding carboxylic acids is 1. The number of hydrogen-bond acceptors (Lipinski definition) is 6. The number of nitrogens with one attached hydrogen (secondary N) is 1. The molecule has 1 atom stereocenters. The predicted molar refractivity (Wildman–Crippen MR) is 109 cm³/mol. The largest absolute Gasteiger partial charge is 0.416 e. The molecule has 9 nitrogen and oxygen atoms in total. The lowest BCUT2D eigenvalue weighted by Crippen LogP contribution is -2.26. The van der Waals surface area contributed by atoms with Crippen molar-refractivity contribution in [3.05, 3.63) is 58.1 Å². The maximum atomic E-state index is 13.2. The first-order chi connectivity index (χ1) is 15.2. The van der Waals surface area contributed by atoms with Gasteiger partial charge in [0, 0.05) is 11.4 Å². The predicted octanol–water partition coefficient (Wildman–Crippen LogP) is 3.01. The standard InChI is InChI=1S/C20H18F3N7O2/c1-3-11(2)30-15-8-12(20(21,22)23)4-5-13(15)19(32)14(27-30)9-18(31)25-16-6-7-17-26-24-10-29(17)28-16/h4-8,10-11H,3,9H2,1-2H3,(H,25,28,31). The van der Waals surface area contributed by atoms with Crippen LogP contribution in [0.2, 0.25) is 0 Å². The van der Waals surface area contributed by atoms with Crippen LogP contribution in [0.5, 0.6) is 0 Å². The van der Waals surface area contributed by atoms with Crippen molar-refractivity contribution < 1.29 is 18.0 Å². The van der Waals surface area contributed by atoms with Crippen LogP contribution in [-0.2, 0) is 17.4 Å². The monoisotopic (exact) mass is 445 g/mol. The number of rotatable bonds is 5. The molecule has 12 heteroatoms. The van der Waals surface area contributed by atoms with Gasteiger partial charge in [-0.3, -0.25) is 14.3 Å². The zero-order valence-corrected chi connectivity index (χ0v) is 17.1. The van der Waals surface area contributed by atoms with Crippen LogP contribution in [0.4, 0.5) is 19.0 Å². The molecule has 0 aliphatic rings. The number of aromatic nitrogens is 6. The first-order valence-electron chi connectivity index (χ1n) is 9.77. The highest BCUT2D eigenvalue weighted by Gasteiger charge is 2.31. The normalized spacial score (nSPS) is 12.9. The van der Waals surface area contributed by atoms with Crippen molar-refractivity contribution in [2.75, 3.05) is 5.32 Å². The Balaban J connectivity index is 1.70. The highest BCUT2D eigenvalue weighted by atomic mass is 19.4. The summed E-state index contributed by atoms with van der Waals surface area (Å²) in [5, 5.41) is 18.5. The summed E-state index contributed by atoms with van der Waals surface area (Å²) in [5.41, 5.74) is -0.966. The molecule has 1 aromatic carbocycles. The average molecular weight is 445 g/mol. The van der Waals surface area contributed by atoms with Crippen LogP contribution in [0.3, 0.4) is 0 Å². The van der Waals surface area contributed by atoms with E-state index in [0.29, 0.717) is 12.1 Å². The second kappa shape index (κ2) is 8.02. The van der Waals surface area contributed by atoms with E-state index in [0.717, 1.165) is 18.2 Å². The van der Waals surface area contributed by atoms with Gasteiger partial charge in [0.2, 0.25) is 11.3 Å². The van der Waals surface area contributed by atoms with E-state index in [-0.39, 0.29) is 34.9 Å². The maximum Gasteiger partial charge on any atom is 0.416 e. The van der Waals surface area contributed by atoms with Crippen LogP contribution in [0.15, 0.2) is 41.5 Å². The lowest BCUT2D eigenvalue weighted by Gasteiger charge is -2.18. The Morgan fingerprint density at radius 2 is 1.97 bits per heavy atom. The van der Waals surface area contributed by atoms with Gasteiger partial charge in [-0.25, -0.2) is 0 Å². The molecule has 4 aromatic rings. The van der Waals surface area contributed by atoms with Crippen molar-refractivity contribution in [1.82, 2.24) is 29.6 Å². The summed E-state index contributed by atoms with van der Waals surface area (Å²) >= 11 is 0. The molecule has 3 heterocycles. The molecule has 0 bridgehead atoms. The Labute approximate surface area is 178 Å². The Kier molecular flexibility index (Phi) is 5.36. The summed E-state index contributed by atoms with van der Waals surface area (Å²) < 4.78 is 42.3. The van der Waals surface area contributed by atoms with Crippen LogP contribution >= 0.6 is 0 Å². The van der Waals surface area contributed by atoms with Crippen molar-refractivity contribution in [2.45, 2.75) is 38.9 Å². The summed E-state index contributed by atoms with van der Waals surface area (Å²) in [6, 6.07) is 5.75. The number of benzene rings is 1. The van der Waals surface area contributed by atoms with E-state index in [4.69, 9.17) is 0 Å². The van der Waals surface area contributed by atoms with Crippen LogP contribution < -0.4 is 10.7 Å². The molecule has 0 spiro atoms. The van der Waals surface area contributed by atoms with Crippen molar-refractivity contribution in [3.63, 3.8) is 0 Å². The maximum absolute atomic E-state index is 13.2. The van der Waals surface area contributed by atoms with Crippen LogP contribution in [0.25, 0.3) is 16.6 Å². The third-order valence-corrected chi connectivity index (χ3v) is 5.07. The van der Waals surface area contributed by atoms with E-state index in [1.54, 1.807) is 13.0 Å². The molecule has 1 unspecified atom stereocenters. The van der Waals surface area contributed by atoms with E-state index in [1.807, 2.05) is 6.92 Å². The van der Waals surface area contributed by atoms with Crippen molar-refractivity contribution >= 4 is 28.3 Å². The molecule has 3 aromatic heterocycles. The number of carbonyl (C=O) groups is 1. The number of alkyl halides is 3. The van der Waals surface area contributed by atoms with E-state index in [1.165, 1.54) is 21.6 Å². The second-order valence-electron chi connectivity index (χ2n) is 7.28. The fourth-order valence-corrected chi connectivity index (χ4v) is 3.23. The topological polar surface area (TPSA) is 107 Å². The van der Waals surface area contributed by atoms with E-state index in [9.17, 15) is 22.8 Å². The highest BCUT2D eigenvalue weighted by molar-refractivity contribution is 5.91. The molecule has 4 rings (SSSR count). The van der Waals surface area contributed by atoms with E-state index >= 15 is 0 Å². The zero-order chi connectivity index (χ0) is 23.0. The fourth-order valence-electron chi connectivity index (χ4n) is 3.23. The fraction of sp³-hybridized carbons (Fsp3) is 0.300. The smallest absolute Gasteiger partial charge is 0.309 e. The molecule has 1 N–H and O–H groups in total. The molecule has 0 radical (unpaired) electrons. The van der Waals surface area contributed by atoms with Crippen molar-refractivity contribution in [1.29, 1.82) is 0 Å². The molecule has 0 fully saturated rings. The van der Waals surface area contributed by atoms with Crippen LogP contribution in [0.1, 0.15) is 37.6 Å². The number of nitrogens with zero attached hydrogens (tertiary/aromatic N) is 6. The number of anilines is 1. The molecule has 0 saturated heterocycles. The van der Waals surface area contributed by atoms with Gasteiger partial charge >= 0.3 is 6.18 Å². The van der Waals surface area contributed by atoms with Gasteiger partial charge in [0.25, 0.3) is 0 Å². The third-order valence-electron chi connectivity index (χ3n) is 5.07. The van der Waals surface area contributed by atoms with Gasteiger partial charge in [-0.2, -0.15) is 22.8 Å². The van der Waals surface area contributed by atoms with Gasteiger partial charge in [-0.05, 0) is 43.7 Å². The molecule has 32 heavy (non-hydrogen) atoms. The summed E-state index contributed by atoms with van der Waals surface area (Å²) in [6.45, 7) is 3.63. The summed E-state index contributed by atoms with van der Waals surface area (Å²) in [6.07, 6.45) is -2.98. The zero-order valence-electron chi connectivity index (χ0n) is 17.1. The van der Waals surface area contributed by atoms with Crippen molar-refractivity contribution in [3.8, 4) is 0 Å². The first-order valence-corrected chi connectivity index (χ1v) is 9.77. The van der Waals surface area contributed by atoms with E-state index in [2.05, 4.69) is 25.7 Å². The van der Waals surface area contributed by atoms with Gasteiger partial charge in [0.1, 0.15) is 12.0 Å². The second-order valence-corrected chi connectivity index (χ2v) is 7.28. The molecule has 166 valence electrons. The van der Waals surface area contributed by atoms with Gasteiger partial charge in [0.05, 0.1) is 17.5 Å². The quantitative estimate of drug-likeness (QED) is 0.506. The minimum Gasteiger partial charge on any atom is -0.309 e. The molecule has 0 saturated carbocycles. The van der Waals surface area contributed by atoms with Gasteiger partial charge in [-0.15, -0.1) is 15.3 Å². The van der Waals surface area contributed by atoms with E-state index < -0.39 is 23.1 Å².